The number of ether oxygens (including phenoxy) is 2. The zero-order valence-electron chi connectivity index (χ0n) is 10.6. The number of carboxylic acid groups (broad SMARTS) is 1. The van der Waals surface area contributed by atoms with Crippen molar-refractivity contribution in [1.82, 2.24) is 0 Å². The van der Waals surface area contributed by atoms with E-state index < -0.39 is 24.0 Å². The van der Waals surface area contributed by atoms with Crippen molar-refractivity contribution < 1.29 is 29.0 Å². The molecule has 1 aromatic carbocycles. The Kier molecular flexibility index (Phi) is 5.05. The van der Waals surface area contributed by atoms with Crippen molar-refractivity contribution in [2.45, 2.75) is 20.0 Å². The third-order valence-corrected chi connectivity index (χ3v) is 2.28. The van der Waals surface area contributed by atoms with E-state index in [1.165, 1.54) is 38.1 Å². The highest BCUT2D eigenvalue weighted by atomic mass is 16.6. The summed E-state index contributed by atoms with van der Waals surface area (Å²) in [5, 5.41) is 8.78. The molecule has 0 saturated heterocycles. The summed E-state index contributed by atoms with van der Waals surface area (Å²) in [6, 6.07) is 5.81. The topological polar surface area (TPSA) is 89.9 Å². The first-order chi connectivity index (χ1) is 8.90. The number of esters is 2. The molecule has 1 rings (SSSR count). The minimum Gasteiger partial charge on any atom is -0.478 e. The van der Waals surface area contributed by atoms with E-state index in [2.05, 4.69) is 0 Å². The second-order valence-electron chi connectivity index (χ2n) is 3.83. The van der Waals surface area contributed by atoms with E-state index in [0.29, 0.717) is 5.56 Å². The Morgan fingerprint density at radius 3 is 2.11 bits per heavy atom. The number of rotatable bonds is 5. The summed E-state index contributed by atoms with van der Waals surface area (Å²) in [7, 11) is 0. The predicted octanol–water partition coefficient (Wildman–Crippen LogP) is 1.55. The molecule has 1 aromatic rings. The number of benzene rings is 1. The van der Waals surface area contributed by atoms with Gasteiger partial charge in [0.05, 0.1) is 5.56 Å². The molecule has 0 saturated carbocycles. The number of hydrogen-bond acceptors (Lipinski definition) is 5. The van der Waals surface area contributed by atoms with Crippen LogP contribution >= 0.6 is 0 Å². The molecule has 19 heavy (non-hydrogen) atoms. The minimum atomic E-state index is -1.05. The molecule has 6 heteroatoms. The van der Waals surface area contributed by atoms with Gasteiger partial charge < -0.3 is 14.6 Å². The lowest BCUT2D eigenvalue weighted by atomic mass is 10.1. The Morgan fingerprint density at radius 2 is 1.68 bits per heavy atom. The summed E-state index contributed by atoms with van der Waals surface area (Å²) in [4.78, 5) is 32.5. The van der Waals surface area contributed by atoms with Crippen LogP contribution in [0.4, 0.5) is 0 Å². The van der Waals surface area contributed by atoms with Gasteiger partial charge in [-0.15, -0.1) is 0 Å². The van der Waals surface area contributed by atoms with E-state index >= 15 is 0 Å². The predicted molar refractivity (Wildman–Crippen MR) is 64.5 cm³/mol. The molecule has 0 amide bonds. The lowest BCUT2D eigenvalue weighted by Crippen LogP contribution is -2.16. The zero-order chi connectivity index (χ0) is 14.4. The van der Waals surface area contributed by atoms with Crippen LogP contribution in [0.25, 0.3) is 0 Å². The van der Waals surface area contributed by atoms with Crippen molar-refractivity contribution in [2.24, 2.45) is 0 Å². The van der Waals surface area contributed by atoms with Crippen molar-refractivity contribution >= 4 is 17.9 Å². The Hall–Kier alpha value is -2.37. The molecule has 1 N–H and O–H groups in total. The SMILES string of the molecule is CC(=O)OCC(OC(C)=O)c1ccc(C(=O)O)cc1. The molecule has 0 fully saturated rings. The molecule has 0 aliphatic rings. The highest BCUT2D eigenvalue weighted by Gasteiger charge is 2.17. The van der Waals surface area contributed by atoms with Gasteiger partial charge in [-0.3, -0.25) is 9.59 Å². The summed E-state index contributed by atoms with van der Waals surface area (Å²) in [5.41, 5.74) is 0.680. The lowest BCUT2D eigenvalue weighted by molar-refractivity contribution is -0.156. The first-order valence-electron chi connectivity index (χ1n) is 5.54. The number of hydrogen-bond donors (Lipinski definition) is 1. The summed E-state index contributed by atoms with van der Waals surface area (Å²) < 4.78 is 9.83. The zero-order valence-corrected chi connectivity index (χ0v) is 10.6. The van der Waals surface area contributed by atoms with Crippen molar-refractivity contribution in [2.75, 3.05) is 6.61 Å². The maximum Gasteiger partial charge on any atom is 0.335 e. The number of aromatic carboxylic acids is 1. The number of carbonyl (C=O) groups is 3. The Morgan fingerprint density at radius 1 is 1.11 bits per heavy atom. The fourth-order valence-corrected chi connectivity index (χ4v) is 1.43. The molecule has 0 aliphatic heterocycles. The van der Waals surface area contributed by atoms with Crippen molar-refractivity contribution in [3.05, 3.63) is 35.4 Å². The van der Waals surface area contributed by atoms with Crippen LogP contribution in [0, 0.1) is 0 Å². The fourth-order valence-electron chi connectivity index (χ4n) is 1.43. The average molecular weight is 266 g/mol. The summed E-state index contributed by atoms with van der Waals surface area (Å²) in [6.07, 6.45) is -0.746. The monoisotopic (exact) mass is 266 g/mol. The Labute approximate surface area is 109 Å². The van der Waals surface area contributed by atoms with E-state index in [-0.39, 0.29) is 12.2 Å². The second kappa shape index (κ2) is 6.53. The van der Waals surface area contributed by atoms with Gasteiger partial charge in [-0.1, -0.05) is 12.1 Å². The maximum atomic E-state index is 11.0. The molecule has 0 bridgehead atoms. The molecule has 0 radical (unpaired) electrons. The molecule has 102 valence electrons. The van der Waals surface area contributed by atoms with Crippen LogP contribution in [0.15, 0.2) is 24.3 Å². The fraction of sp³-hybridized carbons (Fsp3) is 0.308. The minimum absolute atomic E-state index is 0.110. The summed E-state index contributed by atoms with van der Waals surface area (Å²) in [6.45, 7) is 2.38. The van der Waals surface area contributed by atoms with E-state index in [9.17, 15) is 14.4 Å². The highest BCUT2D eigenvalue weighted by molar-refractivity contribution is 5.87. The summed E-state index contributed by atoms with van der Waals surface area (Å²) >= 11 is 0. The van der Waals surface area contributed by atoms with Gasteiger partial charge in [0.1, 0.15) is 6.61 Å². The molecule has 1 atom stereocenters. The van der Waals surface area contributed by atoms with E-state index in [0.717, 1.165) is 0 Å². The highest BCUT2D eigenvalue weighted by Crippen LogP contribution is 2.19. The number of carbonyl (C=O) groups excluding carboxylic acids is 2. The molecular formula is C13H14O6. The van der Waals surface area contributed by atoms with Crippen molar-refractivity contribution in [3.63, 3.8) is 0 Å². The van der Waals surface area contributed by atoms with Crippen molar-refractivity contribution in [1.29, 1.82) is 0 Å². The van der Waals surface area contributed by atoms with Crippen LogP contribution in [0.3, 0.4) is 0 Å². The molecule has 0 aliphatic carbocycles. The third-order valence-electron chi connectivity index (χ3n) is 2.28. The Bertz CT molecular complexity index is 476. The largest absolute Gasteiger partial charge is 0.478 e. The van der Waals surface area contributed by atoms with Crippen LogP contribution in [0.2, 0.25) is 0 Å². The van der Waals surface area contributed by atoms with Crippen molar-refractivity contribution in [3.8, 4) is 0 Å². The van der Waals surface area contributed by atoms with Gasteiger partial charge in [0.2, 0.25) is 0 Å². The van der Waals surface area contributed by atoms with E-state index in [4.69, 9.17) is 14.6 Å². The van der Waals surface area contributed by atoms with Crippen LogP contribution in [-0.4, -0.2) is 29.6 Å². The normalized spacial score (nSPS) is 11.5. The number of carboxylic acids is 1. The molecule has 1 unspecified atom stereocenters. The van der Waals surface area contributed by atoms with Gasteiger partial charge in [-0.25, -0.2) is 4.79 Å². The van der Waals surface area contributed by atoms with Crippen LogP contribution in [0.5, 0.6) is 0 Å². The average Bonchev–Trinajstić information content (AvgIpc) is 2.34. The van der Waals surface area contributed by atoms with Gasteiger partial charge in [-0.2, -0.15) is 0 Å². The summed E-state index contributed by atoms with van der Waals surface area (Å²) in [5.74, 6) is -2.05. The van der Waals surface area contributed by atoms with Gasteiger partial charge in [-0.05, 0) is 17.7 Å². The lowest BCUT2D eigenvalue weighted by Gasteiger charge is -2.17. The van der Waals surface area contributed by atoms with Crippen LogP contribution in [0.1, 0.15) is 35.9 Å². The Balaban J connectivity index is 2.86. The van der Waals surface area contributed by atoms with Gasteiger partial charge in [0.25, 0.3) is 0 Å². The molecule has 6 nitrogen and oxygen atoms in total. The molecule has 0 spiro atoms. The quantitative estimate of drug-likeness (QED) is 0.813. The van der Waals surface area contributed by atoms with Gasteiger partial charge in [0.15, 0.2) is 6.10 Å². The van der Waals surface area contributed by atoms with Crippen LogP contribution < -0.4 is 0 Å². The smallest absolute Gasteiger partial charge is 0.335 e. The first kappa shape index (κ1) is 14.7. The first-order valence-corrected chi connectivity index (χ1v) is 5.54. The second-order valence-corrected chi connectivity index (χ2v) is 3.83. The molecular weight excluding hydrogens is 252 g/mol. The van der Waals surface area contributed by atoms with Crippen LogP contribution in [-0.2, 0) is 19.1 Å². The molecule has 0 heterocycles. The van der Waals surface area contributed by atoms with Gasteiger partial charge in [0, 0.05) is 13.8 Å². The third kappa shape index (κ3) is 4.79. The van der Waals surface area contributed by atoms with E-state index in [1.807, 2.05) is 0 Å². The molecule has 0 aromatic heterocycles. The van der Waals surface area contributed by atoms with E-state index in [1.54, 1.807) is 0 Å². The maximum absolute atomic E-state index is 11.0. The van der Waals surface area contributed by atoms with Gasteiger partial charge >= 0.3 is 17.9 Å². The standard InChI is InChI=1S/C13H14O6/c1-8(14)18-7-12(19-9(2)15)10-3-5-11(6-4-10)13(16)17/h3-6,12H,7H2,1-2H3,(H,16,17).